The molecule has 4 bridgehead atoms. The van der Waals surface area contributed by atoms with Gasteiger partial charge < -0.3 is 10.1 Å². The second kappa shape index (κ2) is 4.93. The fraction of sp³-hybridized carbons (Fsp3) is 0.550. The number of fused-ring (bicyclic) bond motifs is 2. The van der Waals surface area contributed by atoms with Gasteiger partial charge in [-0.1, -0.05) is 29.8 Å². The Bertz CT molecular complexity index is 743. The Morgan fingerprint density at radius 2 is 2.21 bits per heavy atom. The Morgan fingerprint density at radius 1 is 1.38 bits per heavy atom. The quantitative estimate of drug-likeness (QED) is 0.746. The summed E-state index contributed by atoms with van der Waals surface area (Å²) in [7, 11) is 2.20. The highest BCUT2D eigenvalue weighted by Gasteiger charge is 2.61. The summed E-state index contributed by atoms with van der Waals surface area (Å²) < 4.78 is 6.33. The molecule has 3 saturated heterocycles. The SMILES string of the molecule is C/C=C1/CN(C)[C@H]2C[C@@]3(C(=O)Nc4ccccc43)[C@H]3C[C@@H]1[C@@H]2CO3. The molecule has 4 aliphatic heterocycles. The van der Waals surface area contributed by atoms with Gasteiger partial charge >= 0.3 is 0 Å². The third kappa shape index (κ3) is 1.68. The van der Waals surface area contributed by atoms with Crippen molar-refractivity contribution in [2.45, 2.75) is 37.3 Å². The van der Waals surface area contributed by atoms with Crippen LogP contribution in [-0.4, -0.2) is 43.2 Å². The average molecular weight is 324 g/mol. The van der Waals surface area contributed by atoms with Gasteiger partial charge in [-0.2, -0.15) is 0 Å². The lowest BCUT2D eigenvalue weighted by Crippen LogP contribution is -2.50. The normalized spacial score (nSPS) is 42.2. The summed E-state index contributed by atoms with van der Waals surface area (Å²) in [4.78, 5) is 15.6. The maximum Gasteiger partial charge on any atom is 0.237 e. The van der Waals surface area contributed by atoms with Crippen LogP contribution in [0, 0.1) is 11.8 Å². The Morgan fingerprint density at radius 3 is 3.04 bits per heavy atom. The summed E-state index contributed by atoms with van der Waals surface area (Å²) in [6.07, 6.45) is 4.10. The number of benzene rings is 1. The van der Waals surface area contributed by atoms with Crippen molar-refractivity contribution in [3.8, 4) is 0 Å². The second-order valence-electron chi connectivity index (χ2n) is 7.85. The molecule has 1 amide bonds. The number of likely N-dealkylation sites (tertiary alicyclic amines) is 1. The van der Waals surface area contributed by atoms with Gasteiger partial charge in [-0.05, 0) is 44.4 Å². The fourth-order valence-corrected chi connectivity index (χ4v) is 5.75. The van der Waals surface area contributed by atoms with E-state index in [9.17, 15) is 4.79 Å². The predicted molar refractivity (Wildman–Crippen MR) is 92.9 cm³/mol. The van der Waals surface area contributed by atoms with E-state index in [1.165, 1.54) is 5.57 Å². The summed E-state index contributed by atoms with van der Waals surface area (Å²) in [6, 6.07) is 8.59. The standard InChI is InChI=1S/C20H24N2O2/c1-3-12-10-22(2)17-9-20(18-8-13(12)14(17)11-24-18)15-6-4-5-7-16(15)21-19(20)23/h3-7,13-14,17-18H,8-11H2,1-2H3,(H,21,23)/b12-3-/t13-,14-,17-,18+,20-/m0/s1. The van der Waals surface area contributed by atoms with E-state index in [1.807, 2.05) is 18.2 Å². The lowest BCUT2D eigenvalue weighted by molar-refractivity contribution is -0.129. The number of nitrogens with zero attached hydrogens (tertiary/aromatic N) is 1. The van der Waals surface area contributed by atoms with Gasteiger partial charge in [0, 0.05) is 24.2 Å². The molecule has 6 rings (SSSR count). The topological polar surface area (TPSA) is 41.6 Å². The molecule has 0 aromatic heterocycles. The summed E-state index contributed by atoms with van der Waals surface area (Å²) in [5.41, 5.74) is 3.11. The van der Waals surface area contributed by atoms with E-state index >= 15 is 0 Å². The predicted octanol–water partition coefficient (Wildman–Crippen LogP) is 2.56. The first-order valence-corrected chi connectivity index (χ1v) is 9.03. The number of carbonyl (C=O) groups excluding carboxylic acids is 1. The molecule has 4 nitrogen and oxygen atoms in total. The van der Waals surface area contributed by atoms with Crippen molar-refractivity contribution >= 4 is 11.6 Å². The highest BCUT2D eigenvalue weighted by atomic mass is 16.5. The number of likely N-dealkylation sites (N-methyl/N-ethyl adjacent to an activating group) is 1. The Hall–Kier alpha value is -1.65. The first-order valence-electron chi connectivity index (χ1n) is 9.03. The van der Waals surface area contributed by atoms with E-state index in [4.69, 9.17) is 4.74 Å². The minimum Gasteiger partial charge on any atom is -0.376 e. The van der Waals surface area contributed by atoms with Crippen LogP contribution < -0.4 is 5.32 Å². The number of para-hydroxylation sites is 1. The lowest BCUT2D eigenvalue weighted by Gasteiger charge is -2.46. The first-order chi connectivity index (χ1) is 11.6. The van der Waals surface area contributed by atoms with Gasteiger partial charge in [-0.15, -0.1) is 0 Å². The van der Waals surface area contributed by atoms with E-state index in [2.05, 4.69) is 36.3 Å². The van der Waals surface area contributed by atoms with Gasteiger partial charge in [-0.25, -0.2) is 0 Å². The van der Waals surface area contributed by atoms with E-state index < -0.39 is 5.41 Å². The highest BCUT2D eigenvalue weighted by molar-refractivity contribution is 6.07. The van der Waals surface area contributed by atoms with E-state index in [-0.39, 0.29) is 12.0 Å². The Balaban J connectivity index is 1.69. The van der Waals surface area contributed by atoms with Crippen LogP contribution in [0.15, 0.2) is 35.9 Å². The average Bonchev–Trinajstić information content (AvgIpc) is 2.72. The number of rotatable bonds is 0. The molecule has 1 aromatic carbocycles. The molecular weight excluding hydrogens is 300 g/mol. The molecule has 1 aromatic rings. The first kappa shape index (κ1) is 14.7. The van der Waals surface area contributed by atoms with E-state index in [0.29, 0.717) is 17.9 Å². The number of nitrogens with one attached hydrogen (secondary N) is 1. The maximum absolute atomic E-state index is 13.2. The minimum atomic E-state index is -0.526. The molecule has 4 heteroatoms. The molecule has 1 spiro atoms. The molecule has 0 unspecified atom stereocenters. The van der Waals surface area contributed by atoms with Crippen molar-refractivity contribution < 1.29 is 9.53 Å². The van der Waals surface area contributed by atoms with Gasteiger partial charge in [-0.3, -0.25) is 9.69 Å². The van der Waals surface area contributed by atoms with Crippen LogP contribution >= 0.6 is 0 Å². The van der Waals surface area contributed by atoms with Crippen LogP contribution in [0.2, 0.25) is 0 Å². The molecular formula is C20H24N2O2. The zero-order valence-electron chi connectivity index (χ0n) is 14.3. The largest absolute Gasteiger partial charge is 0.376 e. The number of anilines is 1. The van der Waals surface area contributed by atoms with Crippen LogP contribution in [0.3, 0.4) is 0 Å². The van der Waals surface area contributed by atoms with Crippen LogP contribution in [0.5, 0.6) is 0 Å². The number of allylic oxidation sites excluding steroid dienone is 1. The summed E-state index contributed by atoms with van der Waals surface area (Å²) in [5, 5.41) is 3.14. The fourth-order valence-electron chi connectivity index (χ4n) is 5.75. The van der Waals surface area contributed by atoms with Crippen LogP contribution in [0.25, 0.3) is 0 Å². The second-order valence-corrected chi connectivity index (χ2v) is 7.85. The van der Waals surface area contributed by atoms with Crippen molar-refractivity contribution in [1.82, 2.24) is 4.90 Å². The van der Waals surface area contributed by atoms with Crippen molar-refractivity contribution in [2.24, 2.45) is 11.8 Å². The van der Waals surface area contributed by atoms with Gasteiger partial charge in [0.25, 0.3) is 0 Å². The van der Waals surface area contributed by atoms with Crippen molar-refractivity contribution in [3.05, 3.63) is 41.5 Å². The number of carbonyl (C=O) groups is 1. The lowest BCUT2D eigenvalue weighted by atomic mass is 9.72. The monoisotopic (exact) mass is 324 g/mol. The van der Waals surface area contributed by atoms with Gasteiger partial charge in [0.1, 0.15) is 5.41 Å². The Labute approximate surface area is 142 Å². The minimum absolute atomic E-state index is 0.0196. The number of ether oxygens (including phenoxy) is 1. The molecule has 5 aliphatic rings. The van der Waals surface area contributed by atoms with Crippen molar-refractivity contribution in [2.75, 3.05) is 25.5 Å². The van der Waals surface area contributed by atoms with Crippen molar-refractivity contribution in [3.63, 3.8) is 0 Å². The smallest absolute Gasteiger partial charge is 0.237 e. The molecule has 126 valence electrons. The number of piperidine rings is 1. The highest BCUT2D eigenvalue weighted by Crippen LogP contribution is 2.55. The number of hydrogen-bond donors (Lipinski definition) is 1. The number of amides is 1. The van der Waals surface area contributed by atoms with Crippen LogP contribution in [-0.2, 0) is 14.9 Å². The van der Waals surface area contributed by atoms with Gasteiger partial charge in [0.05, 0.1) is 12.7 Å². The molecule has 5 atom stereocenters. The molecule has 4 heterocycles. The van der Waals surface area contributed by atoms with E-state index in [1.54, 1.807) is 0 Å². The van der Waals surface area contributed by atoms with Gasteiger partial charge in [0.2, 0.25) is 5.91 Å². The van der Waals surface area contributed by atoms with Crippen LogP contribution in [0.1, 0.15) is 25.3 Å². The molecule has 1 N–H and O–H groups in total. The molecule has 0 radical (unpaired) electrons. The van der Waals surface area contributed by atoms with Crippen molar-refractivity contribution in [1.29, 1.82) is 0 Å². The summed E-state index contributed by atoms with van der Waals surface area (Å²) in [6.45, 7) is 3.95. The number of hydrogen-bond acceptors (Lipinski definition) is 3. The third-order valence-electron chi connectivity index (χ3n) is 6.96. The van der Waals surface area contributed by atoms with Crippen LogP contribution in [0.4, 0.5) is 5.69 Å². The Kier molecular flexibility index (Phi) is 3.01. The summed E-state index contributed by atoms with van der Waals surface area (Å²) >= 11 is 0. The third-order valence-corrected chi connectivity index (χ3v) is 6.96. The van der Waals surface area contributed by atoms with Gasteiger partial charge in [0.15, 0.2) is 0 Å². The summed E-state index contributed by atoms with van der Waals surface area (Å²) in [5.74, 6) is 1.21. The molecule has 4 fully saturated rings. The molecule has 1 saturated carbocycles. The molecule has 24 heavy (non-hydrogen) atoms. The zero-order chi connectivity index (χ0) is 16.5. The molecule has 1 aliphatic carbocycles. The zero-order valence-corrected chi connectivity index (χ0v) is 14.3. The maximum atomic E-state index is 13.2. The van der Waals surface area contributed by atoms with E-state index in [0.717, 1.165) is 37.2 Å².